The van der Waals surface area contributed by atoms with Gasteiger partial charge in [0.25, 0.3) is 0 Å². The summed E-state index contributed by atoms with van der Waals surface area (Å²) >= 11 is 0. The van der Waals surface area contributed by atoms with Crippen molar-refractivity contribution in [3.8, 4) is 0 Å². The van der Waals surface area contributed by atoms with Crippen LogP contribution < -0.4 is 5.32 Å². The SMILES string of the molecule is C=C(CNCc1cc(C)c(F)c(C)c1)C(=O)OCC. The summed E-state index contributed by atoms with van der Waals surface area (Å²) in [4.78, 5) is 11.3. The maximum absolute atomic E-state index is 13.5. The first kappa shape index (κ1) is 15.4. The van der Waals surface area contributed by atoms with E-state index < -0.39 is 0 Å². The fourth-order valence-electron chi connectivity index (χ4n) is 1.80. The lowest BCUT2D eigenvalue weighted by Crippen LogP contribution is -2.21. The highest BCUT2D eigenvalue weighted by atomic mass is 19.1. The molecule has 0 unspecified atom stereocenters. The van der Waals surface area contributed by atoms with Crippen molar-refractivity contribution in [2.75, 3.05) is 13.2 Å². The first-order valence-corrected chi connectivity index (χ1v) is 6.27. The van der Waals surface area contributed by atoms with Gasteiger partial charge in [-0.15, -0.1) is 0 Å². The molecule has 3 nitrogen and oxygen atoms in total. The Hall–Kier alpha value is -1.68. The average molecular weight is 265 g/mol. The van der Waals surface area contributed by atoms with Crippen LogP contribution in [0, 0.1) is 19.7 Å². The monoisotopic (exact) mass is 265 g/mol. The van der Waals surface area contributed by atoms with Crippen molar-refractivity contribution in [1.29, 1.82) is 0 Å². The number of aryl methyl sites for hydroxylation is 2. The van der Waals surface area contributed by atoms with Crippen LogP contribution in [-0.4, -0.2) is 19.1 Å². The van der Waals surface area contributed by atoms with Gasteiger partial charge in [0.1, 0.15) is 5.82 Å². The van der Waals surface area contributed by atoms with Gasteiger partial charge in [-0.1, -0.05) is 18.7 Å². The molecule has 1 aromatic carbocycles. The molecule has 0 aliphatic carbocycles. The number of nitrogens with one attached hydrogen (secondary N) is 1. The van der Waals surface area contributed by atoms with Crippen molar-refractivity contribution in [2.45, 2.75) is 27.3 Å². The van der Waals surface area contributed by atoms with Crippen LogP contribution in [0.3, 0.4) is 0 Å². The Bertz CT molecular complexity index is 460. The third-order valence-corrected chi connectivity index (χ3v) is 2.73. The molecule has 0 aliphatic rings. The van der Waals surface area contributed by atoms with Gasteiger partial charge in [0.2, 0.25) is 0 Å². The molecule has 0 aromatic heterocycles. The van der Waals surface area contributed by atoms with E-state index in [0.717, 1.165) is 5.56 Å². The Morgan fingerprint density at radius 2 is 1.95 bits per heavy atom. The molecule has 1 aromatic rings. The molecule has 0 bridgehead atoms. The van der Waals surface area contributed by atoms with Gasteiger partial charge in [0, 0.05) is 18.7 Å². The van der Waals surface area contributed by atoms with Gasteiger partial charge in [-0.05, 0) is 37.5 Å². The van der Waals surface area contributed by atoms with E-state index in [1.807, 2.05) is 0 Å². The minimum Gasteiger partial charge on any atom is -0.463 e. The van der Waals surface area contributed by atoms with E-state index in [-0.39, 0.29) is 11.8 Å². The van der Waals surface area contributed by atoms with Gasteiger partial charge in [0.15, 0.2) is 0 Å². The molecule has 0 aliphatic heterocycles. The number of carbonyl (C=O) groups excluding carboxylic acids is 1. The summed E-state index contributed by atoms with van der Waals surface area (Å²) in [6, 6.07) is 3.59. The number of esters is 1. The Morgan fingerprint density at radius 1 is 1.37 bits per heavy atom. The lowest BCUT2D eigenvalue weighted by molar-refractivity contribution is -0.138. The normalized spacial score (nSPS) is 10.3. The quantitative estimate of drug-likeness (QED) is 0.635. The first-order chi connectivity index (χ1) is 8.95. The number of carbonyl (C=O) groups is 1. The van der Waals surface area contributed by atoms with Crippen molar-refractivity contribution in [3.63, 3.8) is 0 Å². The Kier molecular flexibility index (Phi) is 5.70. The van der Waals surface area contributed by atoms with Crippen LogP contribution in [0.4, 0.5) is 4.39 Å². The number of halogens is 1. The summed E-state index contributed by atoms with van der Waals surface area (Å²) in [5.41, 5.74) is 2.62. The van der Waals surface area contributed by atoms with Gasteiger partial charge in [-0.25, -0.2) is 9.18 Å². The number of rotatable bonds is 6. The molecule has 1 N–H and O–H groups in total. The Balaban J connectivity index is 2.50. The summed E-state index contributed by atoms with van der Waals surface area (Å²) in [6.45, 7) is 10.1. The molecule has 19 heavy (non-hydrogen) atoms. The molecule has 0 radical (unpaired) electrons. The van der Waals surface area contributed by atoms with Crippen LogP contribution in [0.5, 0.6) is 0 Å². The number of hydrogen-bond donors (Lipinski definition) is 1. The van der Waals surface area contributed by atoms with Crippen LogP contribution in [0.1, 0.15) is 23.6 Å². The molecule has 0 saturated heterocycles. The molecular formula is C15H20FNO2. The predicted octanol–water partition coefficient (Wildman–Crippen LogP) is 2.65. The molecule has 1 rings (SSSR count). The number of ether oxygens (including phenoxy) is 1. The third kappa shape index (κ3) is 4.48. The second-order valence-corrected chi connectivity index (χ2v) is 4.47. The van der Waals surface area contributed by atoms with E-state index in [9.17, 15) is 9.18 Å². The summed E-state index contributed by atoms with van der Waals surface area (Å²) in [5.74, 6) is -0.554. The Morgan fingerprint density at radius 3 is 2.47 bits per heavy atom. The summed E-state index contributed by atoms with van der Waals surface area (Å²) in [6.07, 6.45) is 0. The second-order valence-electron chi connectivity index (χ2n) is 4.47. The standard InChI is InChI=1S/C15H20FNO2/c1-5-19-15(18)12(4)8-17-9-13-6-10(2)14(16)11(3)7-13/h6-7,17H,4-5,8-9H2,1-3H3. The smallest absolute Gasteiger partial charge is 0.334 e. The molecule has 0 fully saturated rings. The fraction of sp³-hybridized carbons (Fsp3) is 0.400. The van der Waals surface area contributed by atoms with E-state index in [1.54, 1.807) is 32.9 Å². The highest BCUT2D eigenvalue weighted by molar-refractivity contribution is 5.88. The van der Waals surface area contributed by atoms with Crippen LogP contribution >= 0.6 is 0 Å². The zero-order chi connectivity index (χ0) is 14.4. The average Bonchev–Trinajstić information content (AvgIpc) is 2.36. The van der Waals surface area contributed by atoms with Gasteiger partial charge >= 0.3 is 5.97 Å². The minimum atomic E-state index is -0.388. The maximum atomic E-state index is 13.5. The molecule has 0 saturated carbocycles. The molecule has 4 heteroatoms. The number of benzene rings is 1. The van der Waals surface area contributed by atoms with E-state index in [0.29, 0.717) is 36.4 Å². The Labute approximate surface area is 113 Å². The van der Waals surface area contributed by atoms with Gasteiger partial charge in [-0.2, -0.15) is 0 Å². The fourth-order valence-corrected chi connectivity index (χ4v) is 1.80. The van der Waals surface area contributed by atoms with E-state index in [1.165, 1.54) is 0 Å². The summed E-state index contributed by atoms with van der Waals surface area (Å²) in [7, 11) is 0. The number of hydrogen-bond acceptors (Lipinski definition) is 3. The largest absolute Gasteiger partial charge is 0.463 e. The topological polar surface area (TPSA) is 38.3 Å². The van der Waals surface area contributed by atoms with Gasteiger partial charge < -0.3 is 10.1 Å². The van der Waals surface area contributed by atoms with Crippen LogP contribution in [-0.2, 0) is 16.1 Å². The summed E-state index contributed by atoms with van der Waals surface area (Å²) < 4.78 is 18.3. The van der Waals surface area contributed by atoms with Crippen molar-refractivity contribution in [3.05, 3.63) is 46.8 Å². The summed E-state index contributed by atoms with van der Waals surface area (Å²) in [5, 5.41) is 3.09. The zero-order valence-corrected chi connectivity index (χ0v) is 11.7. The van der Waals surface area contributed by atoms with E-state index in [4.69, 9.17) is 4.74 Å². The molecule has 0 spiro atoms. The minimum absolute atomic E-state index is 0.167. The predicted molar refractivity (Wildman–Crippen MR) is 73.4 cm³/mol. The van der Waals surface area contributed by atoms with Crippen molar-refractivity contribution in [1.82, 2.24) is 5.32 Å². The molecule has 0 heterocycles. The zero-order valence-electron chi connectivity index (χ0n) is 11.7. The van der Waals surface area contributed by atoms with E-state index >= 15 is 0 Å². The van der Waals surface area contributed by atoms with Crippen molar-refractivity contribution < 1.29 is 13.9 Å². The first-order valence-electron chi connectivity index (χ1n) is 6.27. The molecule has 104 valence electrons. The maximum Gasteiger partial charge on any atom is 0.334 e. The van der Waals surface area contributed by atoms with Crippen LogP contribution in [0.2, 0.25) is 0 Å². The van der Waals surface area contributed by atoms with Crippen molar-refractivity contribution in [2.24, 2.45) is 0 Å². The third-order valence-electron chi connectivity index (χ3n) is 2.73. The molecule has 0 amide bonds. The van der Waals surface area contributed by atoms with Crippen molar-refractivity contribution >= 4 is 5.97 Å². The molecule has 0 atom stereocenters. The van der Waals surface area contributed by atoms with Gasteiger partial charge in [0.05, 0.1) is 6.61 Å². The second kappa shape index (κ2) is 7.04. The highest BCUT2D eigenvalue weighted by Crippen LogP contribution is 2.14. The van der Waals surface area contributed by atoms with Gasteiger partial charge in [-0.3, -0.25) is 0 Å². The highest BCUT2D eigenvalue weighted by Gasteiger charge is 2.08. The molecular weight excluding hydrogens is 245 g/mol. The lowest BCUT2D eigenvalue weighted by Gasteiger charge is -2.09. The van der Waals surface area contributed by atoms with E-state index in [2.05, 4.69) is 11.9 Å². The lowest BCUT2D eigenvalue weighted by atomic mass is 10.1. The van der Waals surface area contributed by atoms with Crippen LogP contribution in [0.25, 0.3) is 0 Å². The van der Waals surface area contributed by atoms with Crippen LogP contribution in [0.15, 0.2) is 24.3 Å².